The number of carbonyl (C=O) groups is 1. The average Bonchev–Trinajstić information content (AvgIpc) is 3.16. The SMILES string of the molecule is C=CCO/N=C(\C(=O)O)c1ccc(OCCOc2ccc3ccccc3c2)s1. The number of rotatable bonds is 10. The summed E-state index contributed by atoms with van der Waals surface area (Å²) in [7, 11) is 0. The molecule has 0 unspecified atom stereocenters. The van der Waals surface area contributed by atoms with Gasteiger partial charge in [-0.05, 0) is 35.0 Å². The van der Waals surface area contributed by atoms with Gasteiger partial charge in [0.05, 0.1) is 4.88 Å². The van der Waals surface area contributed by atoms with Crippen molar-refractivity contribution >= 4 is 33.8 Å². The summed E-state index contributed by atoms with van der Waals surface area (Å²) in [5.74, 6) is -0.397. The van der Waals surface area contributed by atoms with Gasteiger partial charge < -0.3 is 19.4 Å². The minimum absolute atomic E-state index is 0.137. The van der Waals surface area contributed by atoms with Crippen molar-refractivity contribution in [2.45, 2.75) is 0 Å². The Morgan fingerprint density at radius 3 is 2.64 bits per heavy atom. The molecule has 0 saturated heterocycles. The minimum Gasteiger partial charge on any atom is -0.490 e. The van der Waals surface area contributed by atoms with E-state index in [0.29, 0.717) is 23.2 Å². The zero-order chi connectivity index (χ0) is 19.8. The van der Waals surface area contributed by atoms with E-state index < -0.39 is 5.97 Å². The van der Waals surface area contributed by atoms with E-state index in [0.717, 1.165) is 16.5 Å². The first-order valence-corrected chi connectivity index (χ1v) is 9.38. The van der Waals surface area contributed by atoms with Crippen molar-refractivity contribution < 1.29 is 24.2 Å². The van der Waals surface area contributed by atoms with Crippen LogP contribution in [0.25, 0.3) is 10.8 Å². The Morgan fingerprint density at radius 2 is 1.86 bits per heavy atom. The average molecular weight is 397 g/mol. The number of nitrogens with zero attached hydrogens (tertiary/aromatic N) is 1. The van der Waals surface area contributed by atoms with E-state index in [2.05, 4.69) is 11.7 Å². The topological polar surface area (TPSA) is 77.4 Å². The third kappa shape index (κ3) is 5.11. The monoisotopic (exact) mass is 397 g/mol. The fourth-order valence-corrected chi connectivity index (χ4v) is 3.28. The number of benzene rings is 2. The number of carboxylic acid groups (broad SMARTS) is 1. The fraction of sp³-hybridized carbons (Fsp3) is 0.143. The molecule has 1 heterocycles. The molecule has 0 aliphatic carbocycles. The minimum atomic E-state index is -1.17. The molecule has 3 rings (SSSR count). The first-order chi connectivity index (χ1) is 13.7. The van der Waals surface area contributed by atoms with Crippen LogP contribution in [0.15, 0.2) is 72.4 Å². The highest BCUT2D eigenvalue weighted by Crippen LogP contribution is 2.25. The number of aliphatic carboxylic acids is 1. The maximum atomic E-state index is 11.3. The molecular formula is C21H19NO5S. The van der Waals surface area contributed by atoms with E-state index in [9.17, 15) is 9.90 Å². The van der Waals surface area contributed by atoms with Gasteiger partial charge in [-0.3, -0.25) is 0 Å². The molecule has 7 heteroatoms. The van der Waals surface area contributed by atoms with E-state index >= 15 is 0 Å². The standard InChI is InChI=1S/C21H19NO5S/c1-2-11-27-22-20(21(23)24)18-9-10-19(28-18)26-13-12-25-17-8-7-15-5-3-4-6-16(15)14-17/h2-10,14H,1,11-13H2,(H,23,24)/b22-20-. The summed E-state index contributed by atoms with van der Waals surface area (Å²) in [6, 6.07) is 17.3. The molecule has 3 aromatic rings. The summed E-state index contributed by atoms with van der Waals surface area (Å²) in [6.45, 7) is 4.32. The van der Waals surface area contributed by atoms with Gasteiger partial charge in [-0.1, -0.05) is 59.5 Å². The van der Waals surface area contributed by atoms with E-state index in [1.54, 1.807) is 12.1 Å². The van der Waals surface area contributed by atoms with Crippen LogP contribution in [0.3, 0.4) is 0 Å². The van der Waals surface area contributed by atoms with Gasteiger partial charge in [0.15, 0.2) is 5.06 Å². The smallest absolute Gasteiger partial charge is 0.359 e. The second kappa shape index (κ2) is 9.57. The van der Waals surface area contributed by atoms with E-state index in [1.165, 1.54) is 17.4 Å². The Labute approximate surface area is 166 Å². The molecule has 1 aromatic heterocycles. The highest BCUT2D eigenvalue weighted by molar-refractivity contribution is 7.16. The van der Waals surface area contributed by atoms with Crippen LogP contribution in [-0.4, -0.2) is 36.6 Å². The number of oxime groups is 1. The Morgan fingerprint density at radius 1 is 1.07 bits per heavy atom. The van der Waals surface area contributed by atoms with E-state index in [1.807, 2.05) is 42.5 Å². The molecule has 28 heavy (non-hydrogen) atoms. The summed E-state index contributed by atoms with van der Waals surface area (Å²) in [6.07, 6.45) is 1.49. The van der Waals surface area contributed by atoms with Gasteiger partial charge in [0.2, 0.25) is 5.71 Å². The van der Waals surface area contributed by atoms with Crippen LogP contribution in [0.2, 0.25) is 0 Å². The normalized spacial score (nSPS) is 11.2. The van der Waals surface area contributed by atoms with Crippen molar-refractivity contribution in [3.63, 3.8) is 0 Å². The molecule has 0 aliphatic heterocycles. The number of ether oxygens (including phenoxy) is 2. The molecule has 0 atom stereocenters. The van der Waals surface area contributed by atoms with Gasteiger partial charge >= 0.3 is 5.97 Å². The number of hydrogen-bond acceptors (Lipinski definition) is 6. The Balaban J connectivity index is 1.52. The van der Waals surface area contributed by atoms with Crippen LogP contribution < -0.4 is 9.47 Å². The van der Waals surface area contributed by atoms with Gasteiger partial charge in [0.1, 0.15) is 25.6 Å². The lowest BCUT2D eigenvalue weighted by Gasteiger charge is -2.08. The number of hydrogen-bond donors (Lipinski definition) is 1. The van der Waals surface area contributed by atoms with Gasteiger partial charge in [-0.25, -0.2) is 4.79 Å². The van der Waals surface area contributed by atoms with Crippen LogP contribution >= 0.6 is 11.3 Å². The van der Waals surface area contributed by atoms with Crippen molar-refractivity contribution in [2.75, 3.05) is 19.8 Å². The molecule has 2 aromatic carbocycles. The zero-order valence-electron chi connectivity index (χ0n) is 15.0. The lowest BCUT2D eigenvalue weighted by molar-refractivity contribution is -0.129. The molecule has 0 saturated carbocycles. The molecule has 0 aliphatic rings. The molecule has 0 spiro atoms. The van der Waals surface area contributed by atoms with Gasteiger partial charge in [0, 0.05) is 0 Å². The maximum Gasteiger partial charge on any atom is 0.359 e. The van der Waals surface area contributed by atoms with E-state index in [4.69, 9.17) is 14.3 Å². The van der Waals surface area contributed by atoms with Gasteiger partial charge in [-0.2, -0.15) is 0 Å². The van der Waals surface area contributed by atoms with Crippen molar-refractivity contribution in [2.24, 2.45) is 5.16 Å². The second-order valence-corrected chi connectivity index (χ2v) is 6.70. The Bertz CT molecular complexity index is 995. The summed E-state index contributed by atoms with van der Waals surface area (Å²) < 4.78 is 11.4. The lowest BCUT2D eigenvalue weighted by atomic mass is 10.1. The first kappa shape index (κ1) is 19.4. The van der Waals surface area contributed by atoms with Crippen LogP contribution in [0.5, 0.6) is 10.8 Å². The molecule has 6 nitrogen and oxygen atoms in total. The summed E-state index contributed by atoms with van der Waals surface area (Å²) >= 11 is 1.18. The van der Waals surface area contributed by atoms with E-state index in [-0.39, 0.29) is 12.3 Å². The number of carboxylic acids is 1. The third-order valence-corrected chi connectivity index (χ3v) is 4.69. The summed E-state index contributed by atoms with van der Waals surface area (Å²) in [5.41, 5.74) is -0.172. The van der Waals surface area contributed by atoms with Gasteiger partial charge in [0.25, 0.3) is 0 Å². The van der Waals surface area contributed by atoms with Crippen LogP contribution in [0.4, 0.5) is 0 Å². The fourth-order valence-electron chi connectivity index (χ4n) is 2.43. The Hall–Kier alpha value is -3.32. The van der Waals surface area contributed by atoms with Crippen molar-refractivity contribution in [3.8, 4) is 10.8 Å². The van der Waals surface area contributed by atoms with Crippen molar-refractivity contribution in [1.82, 2.24) is 0 Å². The van der Waals surface area contributed by atoms with Gasteiger partial charge in [-0.15, -0.1) is 0 Å². The molecule has 1 N–H and O–H groups in total. The third-order valence-electron chi connectivity index (χ3n) is 3.68. The lowest BCUT2D eigenvalue weighted by Crippen LogP contribution is -2.13. The predicted molar refractivity (Wildman–Crippen MR) is 110 cm³/mol. The molecule has 0 amide bonds. The van der Waals surface area contributed by atoms with Crippen molar-refractivity contribution in [3.05, 3.63) is 72.1 Å². The Kier molecular flexibility index (Phi) is 6.64. The molecule has 0 bridgehead atoms. The highest BCUT2D eigenvalue weighted by atomic mass is 32.1. The molecule has 0 radical (unpaired) electrons. The van der Waals surface area contributed by atoms with Crippen LogP contribution in [0, 0.1) is 0 Å². The first-order valence-electron chi connectivity index (χ1n) is 8.56. The molecular weight excluding hydrogens is 378 g/mol. The molecule has 0 fully saturated rings. The second-order valence-electron chi connectivity index (χ2n) is 5.65. The quantitative estimate of drug-likeness (QED) is 0.238. The zero-order valence-corrected chi connectivity index (χ0v) is 15.9. The number of fused-ring (bicyclic) bond motifs is 1. The van der Waals surface area contributed by atoms with Crippen LogP contribution in [-0.2, 0) is 9.63 Å². The van der Waals surface area contributed by atoms with Crippen LogP contribution in [0.1, 0.15) is 4.88 Å². The predicted octanol–water partition coefficient (Wildman–Crippen LogP) is 4.35. The summed E-state index contributed by atoms with van der Waals surface area (Å²) in [5, 5.41) is 15.7. The highest BCUT2D eigenvalue weighted by Gasteiger charge is 2.16. The largest absolute Gasteiger partial charge is 0.490 e. The van der Waals surface area contributed by atoms with Crippen molar-refractivity contribution in [1.29, 1.82) is 0 Å². The number of thiophene rings is 1. The summed E-state index contributed by atoms with van der Waals surface area (Å²) in [4.78, 5) is 16.7. The molecule has 144 valence electrons. The maximum absolute atomic E-state index is 11.3.